The van der Waals surface area contributed by atoms with Crippen LogP contribution in [-0.4, -0.2) is 51.1 Å². The van der Waals surface area contributed by atoms with Crippen LogP contribution in [0.3, 0.4) is 0 Å². The van der Waals surface area contributed by atoms with Crippen LogP contribution in [0.4, 0.5) is 5.69 Å². The Morgan fingerprint density at radius 1 is 1.20 bits per heavy atom. The van der Waals surface area contributed by atoms with Crippen molar-refractivity contribution in [1.29, 1.82) is 0 Å². The average Bonchev–Trinajstić information content (AvgIpc) is 2.42. The standard InChI is InChI=1S/C15H23NO4/c1-13-4-6-14(7-5-13)16(12-15(17)18)8-3-9-20-11-10-19-2/h4-7H,3,8-12H2,1-2H3,(H,17,18). The molecule has 0 heterocycles. The molecule has 0 aliphatic heterocycles. The van der Waals surface area contributed by atoms with Crippen LogP contribution in [0.5, 0.6) is 0 Å². The Morgan fingerprint density at radius 2 is 1.90 bits per heavy atom. The van der Waals surface area contributed by atoms with Crippen molar-refractivity contribution in [2.45, 2.75) is 13.3 Å². The van der Waals surface area contributed by atoms with Gasteiger partial charge in [0, 0.05) is 25.9 Å². The highest BCUT2D eigenvalue weighted by atomic mass is 16.5. The number of ether oxygens (including phenoxy) is 2. The summed E-state index contributed by atoms with van der Waals surface area (Å²) in [5.41, 5.74) is 2.09. The lowest BCUT2D eigenvalue weighted by Gasteiger charge is -2.23. The number of hydrogen-bond donors (Lipinski definition) is 1. The minimum atomic E-state index is -0.828. The van der Waals surface area contributed by atoms with Gasteiger partial charge in [-0.3, -0.25) is 4.79 Å². The SMILES string of the molecule is COCCOCCCN(CC(=O)O)c1ccc(C)cc1. The van der Waals surface area contributed by atoms with Gasteiger partial charge < -0.3 is 19.5 Å². The lowest BCUT2D eigenvalue weighted by molar-refractivity contribution is -0.135. The molecule has 5 heteroatoms. The van der Waals surface area contributed by atoms with Gasteiger partial charge in [-0.2, -0.15) is 0 Å². The summed E-state index contributed by atoms with van der Waals surface area (Å²) in [5, 5.41) is 8.98. The molecule has 5 nitrogen and oxygen atoms in total. The molecule has 0 saturated heterocycles. The first-order valence-electron chi connectivity index (χ1n) is 6.73. The third-order valence-corrected chi connectivity index (χ3v) is 2.87. The smallest absolute Gasteiger partial charge is 0.323 e. The number of methoxy groups -OCH3 is 1. The zero-order chi connectivity index (χ0) is 14.8. The number of anilines is 1. The summed E-state index contributed by atoms with van der Waals surface area (Å²) in [7, 11) is 1.63. The fourth-order valence-electron chi connectivity index (χ4n) is 1.82. The van der Waals surface area contributed by atoms with E-state index in [4.69, 9.17) is 14.6 Å². The fraction of sp³-hybridized carbons (Fsp3) is 0.533. The summed E-state index contributed by atoms with van der Waals surface area (Å²) in [6.07, 6.45) is 0.783. The second kappa shape index (κ2) is 9.34. The zero-order valence-corrected chi connectivity index (χ0v) is 12.2. The highest BCUT2D eigenvalue weighted by molar-refractivity contribution is 5.73. The first-order valence-corrected chi connectivity index (χ1v) is 6.73. The average molecular weight is 281 g/mol. The third-order valence-electron chi connectivity index (χ3n) is 2.87. The summed E-state index contributed by atoms with van der Waals surface area (Å²) >= 11 is 0. The van der Waals surface area contributed by atoms with Crippen LogP contribution in [0.15, 0.2) is 24.3 Å². The Labute approximate surface area is 120 Å². The van der Waals surface area contributed by atoms with Gasteiger partial charge in [-0.05, 0) is 25.5 Å². The Hall–Kier alpha value is -1.59. The molecule has 0 radical (unpaired) electrons. The normalized spacial score (nSPS) is 10.5. The van der Waals surface area contributed by atoms with Crippen LogP contribution in [0.2, 0.25) is 0 Å². The van der Waals surface area contributed by atoms with E-state index in [2.05, 4.69) is 0 Å². The molecular weight excluding hydrogens is 258 g/mol. The Bertz CT molecular complexity index is 391. The van der Waals surface area contributed by atoms with Crippen LogP contribution >= 0.6 is 0 Å². The molecule has 0 aromatic heterocycles. The van der Waals surface area contributed by atoms with Gasteiger partial charge in [0.05, 0.1) is 13.2 Å². The van der Waals surface area contributed by atoms with E-state index in [9.17, 15) is 4.79 Å². The van der Waals surface area contributed by atoms with Gasteiger partial charge in [0.25, 0.3) is 0 Å². The van der Waals surface area contributed by atoms with Crippen LogP contribution in [0, 0.1) is 6.92 Å². The molecule has 1 rings (SSSR count). The maximum absolute atomic E-state index is 10.9. The summed E-state index contributed by atoms with van der Waals surface area (Å²) < 4.78 is 10.3. The van der Waals surface area contributed by atoms with Crippen molar-refractivity contribution in [1.82, 2.24) is 0 Å². The van der Waals surface area contributed by atoms with Crippen LogP contribution in [0.1, 0.15) is 12.0 Å². The van der Waals surface area contributed by atoms with Crippen molar-refractivity contribution in [3.63, 3.8) is 0 Å². The van der Waals surface area contributed by atoms with E-state index < -0.39 is 5.97 Å². The molecule has 0 fully saturated rings. The van der Waals surface area contributed by atoms with E-state index in [-0.39, 0.29) is 6.54 Å². The van der Waals surface area contributed by atoms with Gasteiger partial charge in [-0.25, -0.2) is 0 Å². The van der Waals surface area contributed by atoms with Crippen molar-refractivity contribution in [3.05, 3.63) is 29.8 Å². The molecule has 1 N–H and O–H groups in total. The molecule has 0 spiro atoms. The minimum absolute atomic E-state index is 0.00112. The van der Waals surface area contributed by atoms with E-state index in [0.717, 1.165) is 17.7 Å². The molecule has 1 aromatic carbocycles. The maximum Gasteiger partial charge on any atom is 0.323 e. The molecule has 0 atom stereocenters. The lowest BCUT2D eigenvalue weighted by atomic mass is 10.2. The Kier molecular flexibility index (Phi) is 7.69. The molecule has 1 aromatic rings. The van der Waals surface area contributed by atoms with Crippen LogP contribution < -0.4 is 4.90 Å². The molecule has 0 unspecified atom stereocenters. The third kappa shape index (κ3) is 6.54. The van der Waals surface area contributed by atoms with Gasteiger partial charge in [0.1, 0.15) is 6.54 Å². The summed E-state index contributed by atoms with van der Waals surface area (Å²) in [6.45, 7) is 4.42. The number of aliphatic carboxylic acids is 1. The van der Waals surface area contributed by atoms with Gasteiger partial charge in [0.15, 0.2) is 0 Å². The molecule has 0 aliphatic rings. The number of carboxylic acid groups (broad SMARTS) is 1. The topological polar surface area (TPSA) is 59.0 Å². The van der Waals surface area contributed by atoms with Crippen molar-refractivity contribution in [2.24, 2.45) is 0 Å². The number of benzene rings is 1. The summed E-state index contributed by atoms with van der Waals surface area (Å²) in [5.74, 6) is -0.828. The van der Waals surface area contributed by atoms with Gasteiger partial charge in [-0.15, -0.1) is 0 Å². The fourth-order valence-corrected chi connectivity index (χ4v) is 1.82. The van der Waals surface area contributed by atoms with E-state index in [0.29, 0.717) is 26.4 Å². The number of nitrogens with zero attached hydrogens (tertiary/aromatic N) is 1. The molecule has 20 heavy (non-hydrogen) atoms. The highest BCUT2D eigenvalue weighted by Crippen LogP contribution is 2.15. The Morgan fingerprint density at radius 3 is 2.50 bits per heavy atom. The number of rotatable bonds is 10. The molecule has 112 valence electrons. The summed E-state index contributed by atoms with van der Waals surface area (Å²) in [6, 6.07) is 7.87. The molecule has 0 amide bonds. The first kappa shape index (κ1) is 16.5. The van der Waals surface area contributed by atoms with E-state index in [1.807, 2.05) is 36.1 Å². The number of carboxylic acids is 1. The first-order chi connectivity index (χ1) is 9.63. The molecule has 0 saturated carbocycles. The van der Waals surface area contributed by atoms with Crippen molar-refractivity contribution in [2.75, 3.05) is 44.9 Å². The zero-order valence-electron chi connectivity index (χ0n) is 12.2. The lowest BCUT2D eigenvalue weighted by Crippen LogP contribution is -2.31. The van der Waals surface area contributed by atoms with E-state index >= 15 is 0 Å². The van der Waals surface area contributed by atoms with E-state index in [1.165, 1.54) is 0 Å². The molecule has 0 aliphatic carbocycles. The maximum atomic E-state index is 10.9. The number of aryl methyl sites for hydroxylation is 1. The number of hydrogen-bond acceptors (Lipinski definition) is 4. The second-order valence-corrected chi connectivity index (χ2v) is 4.61. The molecular formula is C15H23NO4. The van der Waals surface area contributed by atoms with Gasteiger partial charge in [-0.1, -0.05) is 17.7 Å². The number of carbonyl (C=O) groups is 1. The molecule has 0 bridgehead atoms. The Balaban J connectivity index is 2.44. The van der Waals surface area contributed by atoms with Crippen molar-refractivity contribution >= 4 is 11.7 Å². The monoisotopic (exact) mass is 281 g/mol. The highest BCUT2D eigenvalue weighted by Gasteiger charge is 2.10. The largest absolute Gasteiger partial charge is 0.480 e. The van der Waals surface area contributed by atoms with Crippen LogP contribution in [-0.2, 0) is 14.3 Å². The quantitative estimate of drug-likeness (QED) is 0.664. The minimum Gasteiger partial charge on any atom is -0.480 e. The van der Waals surface area contributed by atoms with Crippen LogP contribution in [0.25, 0.3) is 0 Å². The predicted octanol–water partition coefficient (Wildman–Crippen LogP) is 1.94. The van der Waals surface area contributed by atoms with Crippen molar-refractivity contribution < 1.29 is 19.4 Å². The van der Waals surface area contributed by atoms with E-state index in [1.54, 1.807) is 7.11 Å². The van der Waals surface area contributed by atoms with Gasteiger partial charge >= 0.3 is 5.97 Å². The second-order valence-electron chi connectivity index (χ2n) is 4.61. The summed E-state index contributed by atoms with van der Waals surface area (Å²) in [4.78, 5) is 12.8. The van der Waals surface area contributed by atoms with Crippen molar-refractivity contribution in [3.8, 4) is 0 Å². The predicted molar refractivity (Wildman–Crippen MR) is 78.3 cm³/mol. The van der Waals surface area contributed by atoms with Gasteiger partial charge in [0.2, 0.25) is 0 Å².